The van der Waals surface area contributed by atoms with Gasteiger partial charge in [0.15, 0.2) is 0 Å². The van der Waals surface area contributed by atoms with Crippen molar-refractivity contribution in [1.29, 1.82) is 0 Å². The van der Waals surface area contributed by atoms with Crippen LogP contribution in [0.1, 0.15) is 6.92 Å². The average Bonchev–Trinajstić information content (AvgIpc) is 2.66. The van der Waals surface area contributed by atoms with E-state index < -0.39 is 44.0 Å². The third kappa shape index (κ3) is 4.87. The predicted molar refractivity (Wildman–Crippen MR) is 100 cm³/mol. The van der Waals surface area contributed by atoms with Crippen molar-refractivity contribution in [2.24, 2.45) is 0 Å². The van der Waals surface area contributed by atoms with Gasteiger partial charge in [-0.1, -0.05) is 18.2 Å². The molecule has 1 heterocycles. The van der Waals surface area contributed by atoms with Crippen molar-refractivity contribution in [1.82, 2.24) is 13.9 Å². The molecule has 1 aliphatic rings. The molecule has 2 atom stereocenters. The van der Waals surface area contributed by atoms with Crippen LogP contribution in [0.2, 0.25) is 0 Å². The smallest absolute Gasteiger partial charge is 0.328 e. The molecule has 0 bridgehead atoms. The lowest BCUT2D eigenvalue weighted by Gasteiger charge is -2.38. The number of hydrogen-bond donors (Lipinski definition) is 1. The lowest BCUT2D eigenvalue weighted by Crippen LogP contribution is -2.62. The summed E-state index contributed by atoms with van der Waals surface area (Å²) in [5.41, 5.74) is 0. The number of nitrogens with one attached hydrogen (secondary N) is 1. The molecular formula is C16H23N3O7S2. The van der Waals surface area contributed by atoms with Crippen molar-refractivity contribution in [2.75, 3.05) is 33.0 Å². The highest BCUT2D eigenvalue weighted by Crippen LogP contribution is 2.21. The Balaban J connectivity index is 2.30. The number of carbonyl (C=O) groups is 2. The SMILES string of the molecule is COC(=O)[C@@H](C)NC(=O)[C@H]1CN(S(=O)(=O)c2ccccc2)CCN1S(C)(=O)=O. The van der Waals surface area contributed by atoms with Gasteiger partial charge in [-0.15, -0.1) is 0 Å². The summed E-state index contributed by atoms with van der Waals surface area (Å²) < 4.78 is 56.4. The Morgan fingerprint density at radius 1 is 1.14 bits per heavy atom. The second kappa shape index (κ2) is 8.55. The molecule has 0 radical (unpaired) electrons. The van der Waals surface area contributed by atoms with Gasteiger partial charge < -0.3 is 10.1 Å². The zero-order chi connectivity index (χ0) is 21.1. The number of sulfonamides is 2. The maximum absolute atomic E-state index is 12.8. The van der Waals surface area contributed by atoms with E-state index in [0.717, 1.165) is 22.0 Å². The first-order chi connectivity index (χ1) is 13.0. The Morgan fingerprint density at radius 3 is 2.29 bits per heavy atom. The summed E-state index contributed by atoms with van der Waals surface area (Å²) in [4.78, 5) is 24.2. The van der Waals surface area contributed by atoms with Crippen LogP contribution in [-0.4, -0.2) is 82.4 Å². The van der Waals surface area contributed by atoms with Crippen LogP contribution in [0.25, 0.3) is 0 Å². The number of carbonyl (C=O) groups excluding carboxylic acids is 2. The number of piperazine rings is 1. The Kier molecular flexibility index (Phi) is 6.80. The van der Waals surface area contributed by atoms with Crippen molar-refractivity contribution in [3.8, 4) is 0 Å². The minimum atomic E-state index is -3.91. The van der Waals surface area contributed by atoms with Gasteiger partial charge in [-0.05, 0) is 19.1 Å². The van der Waals surface area contributed by atoms with E-state index in [9.17, 15) is 26.4 Å². The zero-order valence-electron chi connectivity index (χ0n) is 15.7. The number of ether oxygens (including phenoxy) is 1. The molecule has 1 saturated heterocycles. The summed E-state index contributed by atoms with van der Waals surface area (Å²) in [6, 6.07) is 5.34. The fraction of sp³-hybridized carbons (Fsp3) is 0.500. The van der Waals surface area contributed by atoms with Gasteiger partial charge in [0.05, 0.1) is 18.3 Å². The molecule has 0 aliphatic carbocycles. The largest absolute Gasteiger partial charge is 0.467 e. The molecule has 10 nitrogen and oxygen atoms in total. The van der Waals surface area contributed by atoms with Crippen LogP contribution in [0.4, 0.5) is 0 Å². The fourth-order valence-electron chi connectivity index (χ4n) is 2.86. The van der Waals surface area contributed by atoms with Gasteiger partial charge in [0, 0.05) is 19.6 Å². The van der Waals surface area contributed by atoms with E-state index in [2.05, 4.69) is 10.1 Å². The van der Waals surface area contributed by atoms with Gasteiger partial charge >= 0.3 is 5.97 Å². The maximum Gasteiger partial charge on any atom is 0.328 e. The first kappa shape index (κ1) is 22.3. The third-order valence-electron chi connectivity index (χ3n) is 4.32. The van der Waals surface area contributed by atoms with Crippen LogP contribution in [0.5, 0.6) is 0 Å². The standard InChI is InChI=1S/C16H23N3O7S2/c1-12(16(21)26-2)17-15(20)14-11-18(9-10-19(14)27(3,22)23)28(24,25)13-7-5-4-6-8-13/h4-8,12,14H,9-11H2,1-3H3,(H,17,20)/t12-,14-/m1/s1. The number of amides is 1. The highest BCUT2D eigenvalue weighted by molar-refractivity contribution is 7.89. The van der Waals surface area contributed by atoms with Crippen LogP contribution in [0, 0.1) is 0 Å². The second-order valence-corrected chi connectivity index (χ2v) is 10.2. The summed E-state index contributed by atoms with van der Waals surface area (Å²) >= 11 is 0. The molecule has 0 unspecified atom stereocenters. The van der Waals surface area contributed by atoms with E-state index in [0.29, 0.717) is 0 Å². The highest BCUT2D eigenvalue weighted by atomic mass is 32.2. The zero-order valence-corrected chi connectivity index (χ0v) is 17.4. The van der Waals surface area contributed by atoms with Crippen molar-refractivity contribution in [3.63, 3.8) is 0 Å². The molecule has 12 heteroatoms. The molecule has 0 aromatic heterocycles. The number of benzene rings is 1. The lowest BCUT2D eigenvalue weighted by atomic mass is 10.2. The van der Waals surface area contributed by atoms with E-state index in [1.807, 2.05) is 0 Å². The summed E-state index contributed by atoms with van der Waals surface area (Å²) in [7, 11) is -6.53. The van der Waals surface area contributed by atoms with Crippen molar-refractivity contribution < 1.29 is 31.2 Å². The molecule has 28 heavy (non-hydrogen) atoms. The third-order valence-corrected chi connectivity index (χ3v) is 7.49. The molecular weight excluding hydrogens is 410 g/mol. The summed E-state index contributed by atoms with van der Waals surface area (Å²) in [6.07, 6.45) is 0.943. The van der Waals surface area contributed by atoms with E-state index in [4.69, 9.17) is 0 Å². The first-order valence-corrected chi connectivity index (χ1v) is 11.7. The van der Waals surface area contributed by atoms with Gasteiger partial charge in [-0.2, -0.15) is 8.61 Å². The van der Waals surface area contributed by atoms with Crippen LogP contribution in [0.15, 0.2) is 35.2 Å². The topological polar surface area (TPSA) is 130 Å². The Labute approximate surface area is 164 Å². The second-order valence-electron chi connectivity index (χ2n) is 6.32. The Morgan fingerprint density at radius 2 is 1.75 bits per heavy atom. The van der Waals surface area contributed by atoms with E-state index in [-0.39, 0.29) is 24.5 Å². The molecule has 1 aromatic rings. The van der Waals surface area contributed by atoms with Crippen molar-refractivity contribution in [2.45, 2.75) is 23.9 Å². The van der Waals surface area contributed by atoms with Gasteiger partial charge in [0.1, 0.15) is 12.1 Å². The first-order valence-electron chi connectivity index (χ1n) is 8.38. The maximum atomic E-state index is 12.8. The molecule has 0 saturated carbocycles. The number of methoxy groups -OCH3 is 1. The number of esters is 1. The predicted octanol–water partition coefficient (Wildman–Crippen LogP) is -1.00. The molecule has 0 spiro atoms. The van der Waals surface area contributed by atoms with Crippen LogP contribution < -0.4 is 5.32 Å². The monoisotopic (exact) mass is 433 g/mol. The summed E-state index contributed by atoms with van der Waals surface area (Å²) in [5, 5.41) is 2.37. The molecule has 156 valence electrons. The molecule has 1 N–H and O–H groups in total. The Hall–Kier alpha value is -2.02. The van der Waals surface area contributed by atoms with Gasteiger partial charge in [0.25, 0.3) is 0 Å². The lowest BCUT2D eigenvalue weighted by molar-refractivity contribution is -0.145. The molecule has 1 fully saturated rings. The molecule has 1 aliphatic heterocycles. The molecule has 1 amide bonds. The normalized spacial score (nSPS) is 20.3. The highest BCUT2D eigenvalue weighted by Gasteiger charge is 2.42. The quantitative estimate of drug-likeness (QED) is 0.570. The number of hydrogen-bond acceptors (Lipinski definition) is 7. The van der Waals surface area contributed by atoms with Gasteiger partial charge in [-0.25, -0.2) is 21.6 Å². The molecule has 1 aromatic carbocycles. The fourth-order valence-corrected chi connectivity index (χ4v) is 5.35. The van der Waals surface area contributed by atoms with Crippen molar-refractivity contribution in [3.05, 3.63) is 30.3 Å². The summed E-state index contributed by atoms with van der Waals surface area (Å²) in [5.74, 6) is -1.49. The molecule has 2 rings (SSSR count). The van der Waals surface area contributed by atoms with E-state index >= 15 is 0 Å². The van der Waals surface area contributed by atoms with Crippen LogP contribution in [-0.2, 0) is 34.4 Å². The minimum absolute atomic E-state index is 0.0462. The van der Waals surface area contributed by atoms with Gasteiger partial charge in [0.2, 0.25) is 26.0 Å². The van der Waals surface area contributed by atoms with E-state index in [1.54, 1.807) is 18.2 Å². The Bertz CT molecular complexity index is 932. The minimum Gasteiger partial charge on any atom is -0.467 e. The number of nitrogens with zero attached hydrogens (tertiary/aromatic N) is 2. The van der Waals surface area contributed by atoms with Crippen molar-refractivity contribution >= 4 is 31.9 Å². The van der Waals surface area contributed by atoms with Crippen LogP contribution >= 0.6 is 0 Å². The summed E-state index contributed by atoms with van der Waals surface area (Å²) in [6.45, 7) is 0.732. The van der Waals surface area contributed by atoms with Crippen LogP contribution in [0.3, 0.4) is 0 Å². The number of rotatable bonds is 6. The van der Waals surface area contributed by atoms with E-state index in [1.165, 1.54) is 19.1 Å². The van der Waals surface area contributed by atoms with Gasteiger partial charge in [-0.3, -0.25) is 4.79 Å². The average molecular weight is 434 g/mol.